The molecule has 3 aliphatic rings. The van der Waals surface area contributed by atoms with Gasteiger partial charge in [-0.1, -0.05) is 0 Å². The van der Waals surface area contributed by atoms with Gasteiger partial charge in [0.2, 0.25) is 5.96 Å². The van der Waals surface area contributed by atoms with E-state index in [0.717, 1.165) is 17.1 Å². The minimum atomic E-state index is -0.570. The van der Waals surface area contributed by atoms with Crippen LogP contribution in [0.3, 0.4) is 0 Å². The van der Waals surface area contributed by atoms with Gasteiger partial charge in [0.15, 0.2) is 12.2 Å². The molecule has 124 valence electrons. The van der Waals surface area contributed by atoms with Crippen molar-refractivity contribution < 1.29 is 14.7 Å². The molecule has 3 heterocycles. The summed E-state index contributed by atoms with van der Waals surface area (Å²) in [5, 5.41) is 11.9. The lowest BCUT2D eigenvalue weighted by molar-refractivity contribution is -0.126. The van der Waals surface area contributed by atoms with Crippen LogP contribution in [0.25, 0.3) is 0 Å². The molecule has 0 bridgehead atoms. The molecule has 24 heavy (non-hydrogen) atoms. The minimum Gasteiger partial charge on any atom is -0.508 e. The van der Waals surface area contributed by atoms with Gasteiger partial charge in [-0.3, -0.25) is 19.9 Å². The van der Waals surface area contributed by atoms with E-state index < -0.39 is 18.2 Å². The third kappa shape index (κ3) is 1.76. The number of imide groups is 1. The maximum atomic E-state index is 12.4. The summed E-state index contributed by atoms with van der Waals surface area (Å²) >= 11 is 0. The Hall–Kier alpha value is -3.03. The maximum Gasteiger partial charge on any atom is 0.325 e. The van der Waals surface area contributed by atoms with Crippen LogP contribution in [0.2, 0.25) is 0 Å². The molecule has 0 aliphatic carbocycles. The van der Waals surface area contributed by atoms with Gasteiger partial charge in [0.1, 0.15) is 5.75 Å². The number of likely N-dealkylation sites (N-methyl/N-ethyl adjacent to an activating group) is 1. The maximum absolute atomic E-state index is 12.4. The number of aliphatic imine (C=N–C) groups is 1. The number of carbonyl (C=O) groups is 2. The van der Waals surface area contributed by atoms with Crippen LogP contribution >= 0.6 is 0 Å². The summed E-state index contributed by atoms with van der Waals surface area (Å²) in [5.41, 5.74) is 2.69. The number of hydrogen-bond acceptors (Lipinski definition) is 6. The number of fused-ring (bicyclic) bond motifs is 3. The second kappa shape index (κ2) is 4.73. The number of hydrogen-bond donors (Lipinski definition) is 2. The lowest BCUT2D eigenvalue weighted by Crippen LogP contribution is -2.63. The summed E-state index contributed by atoms with van der Waals surface area (Å²) in [4.78, 5) is 34.1. The zero-order valence-corrected chi connectivity index (χ0v) is 13.5. The summed E-state index contributed by atoms with van der Waals surface area (Å²) in [6.07, 6.45) is -0.552. The fourth-order valence-electron chi connectivity index (χ4n) is 3.37. The van der Waals surface area contributed by atoms with Crippen molar-refractivity contribution in [1.82, 2.24) is 15.1 Å². The number of nitrogens with zero attached hydrogens (tertiary/aromatic N) is 4. The Bertz CT molecular complexity index is 814. The van der Waals surface area contributed by atoms with Gasteiger partial charge in [-0.15, -0.1) is 0 Å². The standard InChI is InChI=1S/C16H17N5O3/c1-8-9(2)21-12-13(19(3)16(24)18-14(12)23)17-15(21)20(8)10-4-6-11(22)7-5-10/h4-7,12-13,22H,1-3H3,(H,18,23,24). The number of phenols is 1. The third-order valence-electron chi connectivity index (χ3n) is 4.77. The summed E-state index contributed by atoms with van der Waals surface area (Å²) in [6, 6.07) is 5.77. The Labute approximate surface area is 138 Å². The molecule has 0 spiro atoms. The minimum absolute atomic E-state index is 0.180. The van der Waals surface area contributed by atoms with Crippen LogP contribution in [-0.4, -0.2) is 52.1 Å². The van der Waals surface area contributed by atoms with Crippen molar-refractivity contribution in [1.29, 1.82) is 0 Å². The number of urea groups is 1. The van der Waals surface area contributed by atoms with Crippen LogP contribution in [0, 0.1) is 0 Å². The highest BCUT2D eigenvalue weighted by molar-refractivity contribution is 6.10. The van der Waals surface area contributed by atoms with E-state index in [9.17, 15) is 14.7 Å². The van der Waals surface area contributed by atoms with Crippen molar-refractivity contribution in [3.05, 3.63) is 35.7 Å². The number of allylic oxidation sites excluding steroid dienone is 2. The number of guanidine groups is 1. The van der Waals surface area contributed by atoms with Gasteiger partial charge < -0.3 is 10.0 Å². The average Bonchev–Trinajstić information content (AvgIpc) is 3.04. The average molecular weight is 327 g/mol. The van der Waals surface area contributed by atoms with Crippen LogP contribution < -0.4 is 10.2 Å². The van der Waals surface area contributed by atoms with Crippen LogP contribution in [0.4, 0.5) is 10.5 Å². The molecule has 3 amide bonds. The predicted molar refractivity (Wildman–Crippen MR) is 87.1 cm³/mol. The molecular weight excluding hydrogens is 310 g/mol. The van der Waals surface area contributed by atoms with Crippen molar-refractivity contribution >= 4 is 23.6 Å². The summed E-state index contributed by atoms with van der Waals surface area (Å²) in [5.74, 6) is 0.448. The first kappa shape index (κ1) is 14.6. The molecule has 8 heteroatoms. The molecule has 0 saturated carbocycles. The molecule has 4 rings (SSSR count). The van der Waals surface area contributed by atoms with Gasteiger partial charge in [-0.05, 0) is 38.1 Å². The number of rotatable bonds is 1. The van der Waals surface area contributed by atoms with E-state index in [0.29, 0.717) is 5.96 Å². The first-order chi connectivity index (χ1) is 11.4. The summed E-state index contributed by atoms with van der Waals surface area (Å²) < 4.78 is 0. The fraction of sp³-hybridized carbons (Fsp3) is 0.312. The van der Waals surface area contributed by atoms with Crippen LogP contribution in [0.5, 0.6) is 5.75 Å². The number of anilines is 1. The molecule has 0 radical (unpaired) electrons. The molecule has 1 saturated heterocycles. The number of benzene rings is 1. The molecule has 0 aromatic heterocycles. The fourth-order valence-corrected chi connectivity index (χ4v) is 3.37. The molecule has 1 aromatic rings. The number of aromatic hydroxyl groups is 1. The quantitative estimate of drug-likeness (QED) is 0.804. The van der Waals surface area contributed by atoms with Crippen molar-refractivity contribution in [2.75, 3.05) is 11.9 Å². The molecule has 1 fully saturated rings. The van der Waals surface area contributed by atoms with Crippen molar-refractivity contribution in [2.45, 2.75) is 26.1 Å². The Balaban J connectivity index is 1.81. The van der Waals surface area contributed by atoms with Crippen molar-refractivity contribution in [3.8, 4) is 5.75 Å². The molecule has 2 N–H and O–H groups in total. The number of amides is 3. The summed E-state index contributed by atoms with van der Waals surface area (Å²) in [6.45, 7) is 3.88. The lowest BCUT2D eigenvalue weighted by Gasteiger charge is -2.35. The summed E-state index contributed by atoms with van der Waals surface area (Å²) in [7, 11) is 1.63. The second-order valence-electron chi connectivity index (χ2n) is 6.09. The number of phenolic OH excluding ortho intramolecular Hbond substituents is 1. The van der Waals surface area contributed by atoms with Gasteiger partial charge in [-0.25, -0.2) is 9.79 Å². The van der Waals surface area contributed by atoms with Gasteiger partial charge >= 0.3 is 6.03 Å². The van der Waals surface area contributed by atoms with E-state index in [1.54, 1.807) is 31.3 Å². The van der Waals surface area contributed by atoms with Crippen molar-refractivity contribution in [3.63, 3.8) is 0 Å². The normalized spacial score (nSPS) is 25.8. The number of carbonyl (C=O) groups excluding carboxylic acids is 2. The number of nitrogens with one attached hydrogen (secondary N) is 1. The molecule has 2 unspecified atom stereocenters. The van der Waals surface area contributed by atoms with E-state index in [1.165, 1.54) is 4.90 Å². The first-order valence-electron chi connectivity index (χ1n) is 7.61. The van der Waals surface area contributed by atoms with Gasteiger partial charge in [0.05, 0.1) is 0 Å². The van der Waals surface area contributed by atoms with Gasteiger partial charge in [-0.2, -0.15) is 0 Å². The Kier molecular flexibility index (Phi) is 2.87. The monoisotopic (exact) mass is 327 g/mol. The SMILES string of the molecule is CC1=C(C)N2C(=NC3C2C(=O)NC(=O)N3C)N1c1ccc(O)cc1. The zero-order chi connectivity index (χ0) is 17.2. The van der Waals surface area contributed by atoms with E-state index in [-0.39, 0.29) is 11.7 Å². The zero-order valence-electron chi connectivity index (χ0n) is 13.5. The van der Waals surface area contributed by atoms with Crippen LogP contribution in [-0.2, 0) is 4.79 Å². The highest BCUT2D eigenvalue weighted by Crippen LogP contribution is 2.38. The largest absolute Gasteiger partial charge is 0.508 e. The Morgan fingerprint density at radius 1 is 1.12 bits per heavy atom. The highest BCUT2D eigenvalue weighted by Gasteiger charge is 2.53. The molecule has 1 aromatic carbocycles. The smallest absolute Gasteiger partial charge is 0.325 e. The molecular formula is C16H17N5O3. The van der Waals surface area contributed by atoms with E-state index in [4.69, 9.17) is 0 Å². The second-order valence-corrected chi connectivity index (χ2v) is 6.09. The molecule has 2 atom stereocenters. The van der Waals surface area contributed by atoms with E-state index in [1.807, 2.05) is 23.6 Å². The van der Waals surface area contributed by atoms with E-state index in [2.05, 4.69) is 10.3 Å². The van der Waals surface area contributed by atoms with Gasteiger partial charge in [0, 0.05) is 24.1 Å². The molecule has 3 aliphatic heterocycles. The topological polar surface area (TPSA) is 88.5 Å². The molecule has 8 nitrogen and oxygen atoms in total. The first-order valence-corrected chi connectivity index (χ1v) is 7.61. The lowest BCUT2D eigenvalue weighted by atomic mass is 10.1. The Morgan fingerprint density at radius 2 is 1.79 bits per heavy atom. The van der Waals surface area contributed by atoms with Crippen LogP contribution in [0.15, 0.2) is 40.7 Å². The predicted octanol–water partition coefficient (Wildman–Crippen LogP) is 1.01. The van der Waals surface area contributed by atoms with Gasteiger partial charge in [0.25, 0.3) is 5.91 Å². The third-order valence-corrected chi connectivity index (χ3v) is 4.77. The van der Waals surface area contributed by atoms with E-state index >= 15 is 0 Å². The Morgan fingerprint density at radius 3 is 2.46 bits per heavy atom. The van der Waals surface area contributed by atoms with Crippen molar-refractivity contribution in [2.24, 2.45) is 4.99 Å². The highest BCUT2D eigenvalue weighted by atomic mass is 16.3. The van der Waals surface area contributed by atoms with Crippen LogP contribution in [0.1, 0.15) is 13.8 Å².